The van der Waals surface area contributed by atoms with E-state index in [1.165, 1.54) is 38.5 Å². The van der Waals surface area contributed by atoms with Crippen LogP contribution in [0.25, 0.3) is 0 Å². The van der Waals surface area contributed by atoms with Crippen LogP contribution in [0.4, 0.5) is 0 Å². The Morgan fingerprint density at radius 1 is 0.812 bits per heavy atom. The molecule has 0 aromatic heterocycles. The van der Waals surface area contributed by atoms with Gasteiger partial charge in [-0.05, 0) is 30.1 Å². The van der Waals surface area contributed by atoms with Gasteiger partial charge in [-0.2, -0.15) is 0 Å². The van der Waals surface area contributed by atoms with Crippen LogP contribution in [-0.2, 0) is 0 Å². The summed E-state index contributed by atoms with van der Waals surface area (Å²) in [6.45, 7) is 14.1. The molecule has 0 aliphatic rings. The third-order valence-corrected chi connectivity index (χ3v) is 3.91. The first kappa shape index (κ1) is 16.0. The van der Waals surface area contributed by atoms with E-state index in [0.717, 1.165) is 23.7 Å². The normalized spacial score (nSPS) is 15.8. The summed E-state index contributed by atoms with van der Waals surface area (Å²) in [5.41, 5.74) is 0. The number of hydrogen-bond donors (Lipinski definition) is 0. The Morgan fingerprint density at radius 3 is 1.88 bits per heavy atom. The first-order valence-corrected chi connectivity index (χ1v) is 7.47. The van der Waals surface area contributed by atoms with Gasteiger partial charge >= 0.3 is 0 Å². The average Bonchev–Trinajstić information content (AvgIpc) is 2.16. The van der Waals surface area contributed by atoms with Gasteiger partial charge in [-0.3, -0.25) is 0 Å². The molecule has 0 aliphatic heterocycles. The number of hydrogen-bond acceptors (Lipinski definition) is 0. The standard InChI is InChI=1S/C16H34/c1-7-9-16(12-13(2)3)11-8-10-15(6)14(4)5/h13-16H,7-12H2,1-6H3. The second kappa shape index (κ2) is 9.07. The molecule has 0 amide bonds. The maximum absolute atomic E-state index is 2.40. The van der Waals surface area contributed by atoms with Crippen molar-refractivity contribution in [2.24, 2.45) is 23.7 Å². The van der Waals surface area contributed by atoms with Gasteiger partial charge in [0.1, 0.15) is 0 Å². The van der Waals surface area contributed by atoms with Crippen LogP contribution in [0.2, 0.25) is 0 Å². The van der Waals surface area contributed by atoms with Crippen molar-refractivity contribution in [2.75, 3.05) is 0 Å². The van der Waals surface area contributed by atoms with E-state index >= 15 is 0 Å². The van der Waals surface area contributed by atoms with Crippen molar-refractivity contribution in [1.82, 2.24) is 0 Å². The molecule has 0 saturated heterocycles. The predicted molar refractivity (Wildman–Crippen MR) is 75.7 cm³/mol. The van der Waals surface area contributed by atoms with Crippen LogP contribution in [0.1, 0.15) is 80.1 Å². The summed E-state index contributed by atoms with van der Waals surface area (Å²) >= 11 is 0. The quantitative estimate of drug-likeness (QED) is 0.458. The second-order valence-corrected chi connectivity index (χ2v) is 6.44. The van der Waals surface area contributed by atoms with Gasteiger partial charge in [-0.25, -0.2) is 0 Å². The summed E-state index contributed by atoms with van der Waals surface area (Å²) in [6.07, 6.45) is 8.56. The van der Waals surface area contributed by atoms with Gasteiger partial charge in [-0.1, -0.05) is 73.6 Å². The molecule has 0 bridgehead atoms. The summed E-state index contributed by atoms with van der Waals surface area (Å²) in [5, 5.41) is 0. The van der Waals surface area contributed by atoms with Crippen LogP contribution in [-0.4, -0.2) is 0 Å². The molecular formula is C16H34. The zero-order valence-corrected chi connectivity index (χ0v) is 12.6. The highest BCUT2D eigenvalue weighted by atomic mass is 14.2. The molecule has 2 atom stereocenters. The van der Waals surface area contributed by atoms with E-state index in [4.69, 9.17) is 0 Å². The molecule has 0 heterocycles. The van der Waals surface area contributed by atoms with Gasteiger partial charge in [0.15, 0.2) is 0 Å². The van der Waals surface area contributed by atoms with Crippen LogP contribution in [0.3, 0.4) is 0 Å². The lowest BCUT2D eigenvalue weighted by Crippen LogP contribution is -2.08. The maximum atomic E-state index is 2.40. The van der Waals surface area contributed by atoms with Crippen LogP contribution in [0.15, 0.2) is 0 Å². The van der Waals surface area contributed by atoms with E-state index < -0.39 is 0 Å². The maximum Gasteiger partial charge on any atom is -0.0412 e. The van der Waals surface area contributed by atoms with Crippen molar-refractivity contribution in [3.63, 3.8) is 0 Å². The molecule has 0 heteroatoms. The van der Waals surface area contributed by atoms with Crippen molar-refractivity contribution in [2.45, 2.75) is 80.1 Å². The van der Waals surface area contributed by atoms with E-state index in [2.05, 4.69) is 41.5 Å². The highest BCUT2D eigenvalue weighted by Crippen LogP contribution is 2.25. The summed E-state index contributed by atoms with van der Waals surface area (Å²) < 4.78 is 0. The summed E-state index contributed by atoms with van der Waals surface area (Å²) in [6, 6.07) is 0. The molecule has 0 saturated carbocycles. The van der Waals surface area contributed by atoms with Crippen molar-refractivity contribution >= 4 is 0 Å². The van der Waals surface area contributed by atoms with E-state index in [9.17, 15) is 0 Å². The minimum atomic E-state index is 0.856. The Balaban J connectivity index is 3.75. The third-order valence-electron chi connectivity index (χ3n) is 3.91. The van der Waals surface area contributed by atoms with Crippen LogP contribution >= 0.6 is 0 Å². The molecule has 0 aromatic rings. The molecule has 0 radical (unpaired) electrons. The van der Waals surface area contributed by atoms with Crippen molar-refractivity contribution in [3.05, 3.63) is 0 Å². The van der Waals surface area contributed by atoms with E-state index in [1.54, 1.807) is 0 Å². The van der Waals surface area contributed by atoms with Gasteiger partial charge in [0.05, 0.1) is 0 Å². The van der Waals surface area contributed by atoms with E-state index in [-0.39, 0.29) is 0 Å². The van der Waals surface area contributed by atoms with Gasteiger partial charge in [0.25, 0.3) is 0 Å². The molecule has 2 unspecified atom stereocenters. The van der Waals surface area contributed by atoms with Crippen LogP contribution < -0.4 is 0 Å². The zero-order chi connectivity index (χ0) is 12.6. The van der Waals surface area contributed by atoms with Crippen molar-refractivity contribution in [3.8, 4) is 0 Å². The lowest BCUT2D eigenvalue weighted by Gasteiger charge is -2.20. The van der Waals surface area contributed by atoms with E-state index in [1.807, 2.05) is 0 Å². The fraction of sp³-hybridized carbons (Fsp3) is 1.00. The van der Waals surface area contributed by atoms with Crippen molar-refractivity contribution < 1.29 is 0 Å². The first-order chi connectivity index (χ1) is 7.47. The van der Waals surface area contributed by atoms with Gasteiger partial charge in [0, 0.05) is 0 Å². The molecule has 98 valence electrons. The number of rotatable bonds is 9. The molecule has 0 spiro atoms. The molecule has 0 rings (SSSR count). The zero-order valence-electron chi connectivity index (χ0n) is 12.6. The largest absolute Gasteiger partial charge is 0.0654 e. The summed E-state index contributed by atoms with van der Waals surface area (Å²) in [7, 11) is 0. The minimum Gasteiger partial charge on any atom is -0.0654 e. The third kappa shape index (κ3) is 8.19. The van der Waals surface area contributed by atoms with Crippen molar-refractivity contribution in [1.29, 1.82) is 0 Å². The van der Waals surface area contributed by atoms with Gasteiger partial charge in [0.2, 0.25) is 0 Å². The molecular weight excluding hydrogens is 192 g/mol. The lowest BCUT2D eigenvalue weighted by atomic mass is 9.86. The fourth-order valence-corrected chi connectivity index (χ4v) is 2.52. The predicted octanol–water partition coefficient (Wildman–Crippen LogP) is 5.91. The van der Waals surface area contributed by atoms with Gasteiger partial charge < -0.3 is 0 Å². The molecule has 0 nitrogen and oxygen atoms in total. The Hall–Kier alpha value is 0. The van der Waals surface area contributed by atoms with Gasteiger partial charge in [-0.15, -0.1) is 0 Å². The molecule has 0 fully saturated rings. The van der Waals surface area contributed by atoms with Crippen LogP contribution in [0.5, 0.6) is 0 Å². The average molecular weight is 226 g/mol. The Morgan fingerprint density at radius 2 is 1.44 bits per heavy atom. The minimum absolute atomic E-state index is 0.856. The molecule has 0 aromatic carbocycles. The topological polar surface area (TPSA) is 0 Å². The van der Waals surface area contributed by atoms with E-state index in [0.29, 0.717) is 0 Å². The fourth-order valence-electron chi connectivity index (χ4n) is 2.52. The molecule has 0 N–H and O–H groups in total. The second-order valence-electron chi connectivity index (χ2n) is 6.44. The lowest BCUT2D eigenvalue weighted by molar-refractivity contribution is 0.318. The summed E-state index contributed by atoms with van der Waals surface area (Å²) in [5.74, 6) is 3.62. The highest BCUT2D eigenvalue weighted by molar-refractivity contribution is 4.64. The first-order valence-electron chi connectivity index (χ1n) is 7.47. The molecule has 0 aliphatic carbocycles. The Labute approximate surface area is 104 Å². The SMILES string of the molecule is CCCC(CCCC(C)C(C)C)CC(C)C. The smallest absolute Gasteiger partial charge is 0.0412 e. The van der Waals surface area contributed by atoms with Crippen LogP contribution in [0, 0.1) is 23.7 Å². The Bertz CT molecular complexity index is 146. The summed E-state index contributed by atoms with van der Waals surface area (Å²) in [4.78, 5) is 0. The Kier molecular flexibility index (Phi) is 9.07. The molecule has 16 heavy (non-hydrogen) atoms. The highest BCUT2D eigenvalue weighted by Gasteiger charge is 2.12. The monoisotopic (exact) mass is 226 g/mol.